The van der Waals surface area contributed by atoms with Crippen molar-refractivity contribution >= 4 is 27.7 Å². The second kappa shape index (κ2) is 7.45. The third-order valence-electron chi connectivity index (χ3n) is 2.77. The van der Waals surface area contributed by atoms with E-state index in [9.17, 15) is 4.79 Å². The van der Waals surface area contributed by atoms with Gasteiger partial charge in [0.1, 0.15) is 5.82 Å². The Hall–Kier alpha value is -1.14. The molecule has 0 saturated heterocycles. The van der Waals surface area contributed by atoms with Crippen LogP contribution in [0.15, 0.2) is 16.7 Å². The Morgan fingerprint density at radius 1 is 1.37 bits per heavy atom. The molecule has 0 bridgehead atoms. The van der Waals surface area contributed by atoms with Gasteiger partial charge in [0.15, 0.2) is 0 Å². The molecule has 6 heteroatoms. The molecule has 19 heavy (non-hydrogen) atoms. The van der Waals surface area contributed by atoms with Gasteiger partial charge in [0.05, 0.1) is 5.56 Å². The van der Waals surface area contributed by atoms with E-state index in [0.29, 0.717) is 11.4 Å². The van der Waals surface area contributed by atoms with E-state index in [0.717, 1.165) is 24.0 Å². The van der Waals surface area contributed by atoms with Crippen LogP contribution in [-0.4, -0.2) is 62.0 Å². The summed E-state index contributed by atoms with van der Waals surface area (Å²) in [5.41, 5.74) is 0.587. The van der Waals surface area contributed by atoms with Crippen LogP contribution in [0.2, 0.25) is 0 Å². The number of rotatable bonds is 6. The summed E-state index contributed by atoms with van der Waals surface area (Å²) in [6, 6.07) is 1.80. The first-order chi connectivity index (χ1) is 8.95. The number of halogens is 1. The van der Waals surface area contributed by atoms with Crippen molar-refractivity contribution in [3.8, 4) is 0 Å². The second-order valence-corrected chi connectivity index (χ2v) is 5.60. The van der Waals surface area contributed by atoms with Crippen molar-refractivity contribution in [1.29, 1.82) is 0 Å². The molecule has 1 aromatic rings. The highest BCUT2D eigenvalue weighted by Crippen LogP contribution is 2.19. The van der Waals surface area contributed by atoms with Crippen LogP contribution < -0.4 is 5.32 Å². The van der Waals surface area contributed by atoms with Gasteiger partial charge in [-0.15, -0.1) is 0 Å². The molecule has 1 heterocycles. The minimum absolute atomic E-state index is 0.0168. The molecular weight excluding hydrogens is 308 g/mol. The molecule has 0 atom stereocenters. The molecule has 106 valence electrons. The van der Waals surface area contributed by atoms with E-state index >= 15 is 0 Å². The summed E-state index contributed by atoms with van der Waals surface area (Å²) in [4.78, 5) is 20.4. The highest BCUT2D eigenvalue weighted by molar-refractivity contribution is 9.10. The predicted octanol–water partition coefficient (Wildman–Crippen LogP) is 1.91. The van der Waals surface area contributed by atoms with Crippen molar-refractivity contribution in [3.05, 3.63) is 22.3 Å². The molecule has 5 nitrogen and oxygen atoms in total. The van der Waals surface area contributed by atoms with Crippen LogP contribution >= 0.6 is 15.9 Å². The summed E-state index contributed by atoms with van der Waals surface area (Å²) < 4.78 is 0.802. The number of amides is 1. The Balaban J connectivity index is 2.73. The molecule has 0 aliphatic heterocycles. The van der Waals surface area contributed by atoms with Crippen molar-refractivity contribution in [2.24, 2.45) is 0 Å². The van der Waals surface area contributed by atoms with Crippen molar-refractivity contribution in [2.45, 2.75) is 6.42 Å². The predicted molar refractivity (Wildman–Crippen MR) is 81.6 cm³/mol. The normalized spacial score (nSPS) is 10.6. The first-order valence-corrected chi connectivity index (χ1v) is 6.98. The molecule has 1 aromatic heterocycles. The quantitative estimate of drug-likeness (QED) is 0.866. The first-order valence-electron chi connectivity index (χ1n) is 6.19. The van der Waals surface area contributed by atoms with Gasteiger partial charge in [-0.1, -0.05) is 0 Å². The second-order valence-electron chi connectivity index (χ2n) is 4.68. The third-order valence-corrected chi connectivity index (χ3v) is 3.20. The number of hydrogen-bond acceptors (Lipinski definition) is 4. The topological polar surface area (TPSA) is 48.5 Å². The van der Waals surface area contributed by atoms with Crippen LogP contribution in [0.5, 0.6) is 0 Å². The lowest BCUT2D eigenvalue weighted by molar-refractivity contribution is 0.0791. The summed E-state index contributed by atoms with van der Waals surface area (Å²) in [5, 5.41) is 2.95. The van der Waals surface area contributed by atoms with Crippen LogP contribution in [0, 0.1) is 0 Å². The maximum atomic E-state index is 12.4. The van der Waals surface area contributed by atoms with Gasteiger partial charge in [-0.05, 0) is 49.1 Å². The van der Waals surface area contributed by atoms with E-state index in [1.165, 1.54) is 0 Å². The number of nitrogens with zero attached hydrogens (tertiary/aromatic N) is 3. The molecule has 0 radical (unpaired) electrons. The van der Waals surface area contributed by atoms with Crippen LogP contribution in [0.3, 0.4) is 0 Å². The number of aromatic nitrogens is 1. The lowest BCUT2D eigenvalue weighted by Gasteiger charge is -2.19. The number of pyridine rings is 1. The zero-order chi connectivity index (χ0) is 14.4. The molecule has 0 saturated carbocycles. The van der Waals surface area contributed by atoms with Crippen LogP contribution in [0.4, 0.5) is 5.82 Å². The molecule has 1 rings (SSSR count). The number of carbonyl (C=O) groups is 1. The van der Waals surface area contributed by atoms with Gasteiger partial charge in [-0.2, -0.15) is 0 Å². The Bertz CT molecular complexity index is 437. The fourth-order valence-electron chi connectivity index (χ4n) is 1.73. The van der Waals surface area contributed by atoms with Crippen molar-refractivity contribution < 1.29 is 4.79 Å². The maximum Gasteiger partial charge on any atom is 0.257 e. The molecule has 1 N–H and O–H groups in total. The zero-order valence-corrected chi connectivity index (χ0v) is 13.5. The van der Waals surface area contributed by atoms with E-state index in [2.05, 4.69) is 31.1 Å². The first kappa shape index (κ1) is 15.9. The molecule has 0 aliphatic carbocycles. The SMILES string of the molecule is CNc1ncc(Br)cc1C(=O)N(C)CCCN(C)C. The van der Waals surface area contributed by atoms with E-state index in [1.54, 1.807) is 24.2 Å². The fourth-order valence-corrected chi connectivity index (χ4v) is 2.06. The van der Waals surface area contributed by atoms with Gasteiger partial charge in [-0.25, -0.2) is 4.98 Å². The largest absolute Gasteiger partial charge is 0.372 e. The molecule has 0 fully saturated rings. The van der Waals surface area contributed by atoms with E-state index < -0.39 is 0 Å². The molecule has 0 aliphatic rings. The van der Waals surface area contributed by atoms with Gasteiger partial charge in [-0.3, -0.25) is 4.79 Å². The Labute approximate surface area is 123 Å². The van der Waals surface area contributed by atoms with Gasteiger partial charge < -0.3 is 15.1 Å². The molecule has 0 spiro atoms. The van der Waals surface area contributed by atoms with Crippen LogP contribution in [0.25, 0.3) is 0 Å². The smallest absolute Gasteiger partial charge is 0.257 e. The zero-order valence-electron chi connectivity index (χ0n) is 11.9. The summed E-state index contributed by atoms with van der Waals surface area (Å²) in [6.45, 7) is 1.69. The maximum absolute atomic E-state index is 12.4. The Morgan fingerprint density at radius 2 is 2.05 bits per heavy atom. The standard InChI is InChI=1S/C13H21BrN4O/c1-15-12-11(8-10(14)9-16-12)13(19)18(4)7-5-6-17(2)3/h8-9H,5-7H2,1-4H3,(H,15,16). The summed E-state index contributed by atoms with van der Waals surface area (Å²) in [5.74, 6) is 0.588. The fraction of sp³-hybridized carbons (Fsp3) is 0.538. The summed E-state index contributed by atoms with van der Waals surface area (Å²) >= 11 is 3.35. The van der Waals surface area contributed by atoms with E-state index in [4.69, 9.17) is 0 Å². The molecule has 0 aromatic carbocycles. The molecule has 0 unspecified atom stereocenters. The van der Waals surface area contributed by atoms with E-state index in [1.807, 2.05) is 21.1 Å². The minimum Gasteiger partial charge on any atom is -0.372 e. The number of carbonyl (C=O) groups excluding carboxylic acids is 1. The number of nitrogens with one attached hydrogen (secondary N) is 1. The average Bonchev–Trinajstić information content (AvgIpc) is 2.37. The Kier molecular flexibility index (Phi) is 6.24. The lowest BCUT2D eigenvalue weighted by atomic mass is 10.2. The highest BCUT2D eigenvalue weighted by Gasteiger charge is 2.16. The third kappa shape index (κ3) is 4.80. The number of anilines is 1. The average molecular weight is 329 g/mol. The Morgan fingerprint density at radius 3 is 2.63 bits per heavy atom. The molecular formula is C13H21BrN4O. The molecule has 1 amide bonds. The minimum atomic E-state index is -0.0168. The summed E-state index contributed by atoms with van der Waals surface area (Å²) in [7, 11) is 7.63. The van der Waals surface area contributed by atoms with Crippen molar-refractivity contribution in [3.63, 3.8) is 0 Å². The van der Waals surface area contributed by atoms with Crippen molar-refractivity contribution in [1.82, 2.24) is 14.8 Å². The number of hydrogen-bond donors (Lipinski definition) is 1. The highest BCUT2D eigenvalue weighted by atomic mass is 79.9. The summed E-state index contributed by atoms with van der Waals surface area (Å²) in [6.07, 6.45) is 2.63. The van der Waals surface area contributed by atoms with Crippen LogP contribution in [0.1, 0.15) is 16.8 Å². The lowest BCUT2D eigenvalue weighted by Crippen LogP contribution is -2.30. The van der Waals surface area contributed by atoms with Gasteiger partial charge in [0.2, 0.25) is 0 Å². The van der Waals surface area contributed by atoms with Crippen molar-refractivity contribution in [2.75, 3.05) is 46.6 Å². The van der Waals surface area contributed by atoms with E-state index in [-0.39, 0.29) is 5.91 Å². The van der Waals surface area contributed by atoms with Gasteiger partial charge in [0, 0.05) is 31.3 Å². The van der Waals surface area contributed by atoms with Crippen LogP contribution in [-0.2, 0) is 0 Å². The monoisotopic (exact) mass is 328 g/mol. The van der Waals surface area contributed by atoms with Gasteiger partial charge >= 0.3 is 0 Å². The van der Waals surface area contributed by atoms with Gasteiger partial charge in [0.25, 0.3) is 5.91 Å².